The molecule has 9 heteroatoms. The predicted octanol–water partition coefficient (Wildman–Crippen LogP) is 1.11. The molecule has 3 aliphatic rings. The van der Waals surface area contributed by atoms with Gasteiger partial charge >= 0.3 is 6.09 Å². The van der Waals surface area contributed by atoms with E-state index in [9.17, 15) is 14.0 Å². The molecule has 4 rings (SSSR count). The van der Waals surface area contributed by atoms with E-state index in [-0.39, 0.29) is 17.8 Å². The highest BCUT2D eigenvalue weighted by Crippen LogP contribution is 2.46. The number of hydrogen-bond donors (Lipinski definition) is 1. The number of carbonyl (C=O) groups excluding carboxylic acids is 2. The average molecular weight is 378 g/mol. The number of ether oxygens (including phenoxy) is 1. The van der Waals surface area contributed by atoms with E-state index >= 15 is 0 Å². The van der Waals surface area contributed by atoms with Crippen LogP contribution in [0.5, 0.6) is 0 Å². The first-order chi connectivity index (χ1) is 12.9. The summed E-state index contributed by atoms with van der Waals surface area (Å²) in [6.45, 7) is 4.14. The molecule has 0 aromatic heterocycles. The fourth-order valence-corrected chi connectivity index (χ4v) is 3.70. The molecular weight excluding hydrogens is 355 g/mol. The van der Waals surface area contributed by atoms with Crippen LogP contribution < -0.4 is 15.1 Å². The maximum Gasteiger partial charge on any atom is 0.415 e. The van der Waals surface area contributed by atoms with Gasteiger partial charge < -0.3 is 15.0 Å². The maximum absolute atomic E-state index is 14.8. The van der Waals surface area contributed by atoms with E-state index < -0.39 is 11.7 Å². The lowest BCUT2D eigenvalue weighted by atomic mass is 10.2. The zero-order valence-corrected chi connectivity index (χ0v) is 15.4. The van der Waals surface area contributed by atoms with Crippen LogP contribution >= 0.6 is 0 Å². The largest absolute Gasteiger partial charge is 0.438 e. The molecule has 1 aromatic carbocycles. The molecule has 2 saturated heterocycles. The number of anilines is 2. The van der Waals surface area contributed by atoms with Crippen molar-refractivity contribution in [2.75, 3.05) is 49.6 Å². The van der Waals surface area contributed by atoms with Gasteiger partial charge in [0.2, 0.25) is 5.91 Å². The quantitative estimate of drug-likeness (QED) is 0.850. The number of carbonyl (C=O) groups is 2. The summed E-state index contributed by atoms with van der Waals surface area (Å²) in [5.74, 6) is -0.547. The summed E-state index contributed by atoms with van der Waals surface area (Å²) in [4.78, 5) is 32.3. The van der Waals surface area contributed by atoms with Gasteiger partial charge in [0.05, 0.1) is 30.6 Å². The summed E-state index contributed by atoms with van der Waals surface area (Å²) in [6.07, 6.45) is 0.0660. The van der Waals surface area contributed by atoms with Crippen LogP contribution in [0, 0.1) is 5.82 Å². The number of hydroxylamine groups is 2. The number of nitrogens with zero attached hydrogens (tertiary/aromatic N) is 3. The molecule has 0 bridgehead atoms. The summed E-state index contributed by atoms with van der Waals surface area (Å²) in [5.41, 5.74) is 0.252. The molecular formula is C18H23FN4O4. The van der Waals surface area contributed by atoms with Gasteiger partial charge in [-0.2, -0.15) is 5.06 Å². The van der Waals surface area contributed by atoms with Crippen molar-refractivity contribution in [1.29, 1.82) is 0 Å². The zero-order chi connectivity index (χ0) is 19.2. The van der Waals surface area contributed by atoms with E-state index in [1.165, 1.54) is 17.9 Å². The second-order valence-corrected chi connectivity index (χ2v) is 7.28. The molecule has 1 saturated carbocycles. The Kier molecular flexibility index (Phi) is 4.43. The molecule has 0 radical (unpaired) electrons. The zero-order valence-electron chi connectivity index (χ0n) is 15.4. The molecule has 1 aromatic rings. The number of amides is 2. The molecule has 1 aliphatic carbocycles. The molecule has 1 unspecified atom stereocenters. The Hall–Kier alpha value is -2.39. The van der Waals surface area contributed by atoms with Gasteiger partial charge in [-0.25, -0.2) is 9.18 Å². The minimum absolute atomic E-state index is 0.158. The maximum atomic E-state index is 14.8. The Balaban J connectivity index is 1.48. The number of likely N-dealkylation sites (N-methyl/N-ethyl adjacent to an activating group) is 1. The topological polar surface area (TPSA) is 74.4 Å². The first-order valence-corrected chi connectivity index (χ1v) is 9.04. The second-order valence-electron chi connectivity index (χ2n) is 7.28. The third kappa shape index (κ3) is 3.44. The van der Waals surface area contributed by atoms with Crippen molar-refractivity contribution in [3.8, 4) is 0 Å². The molecule has 2 heterocycles. The molecule has 1 spiro atoms. The molecule has 27 heavy (non-hydrogen) atoms. The van der Waals surface area contributed by atoms with Crippen LogP contribution in [0.1, 0.15) is 13.3 Å². The average Bonchev–Trinajstić information content (AvgIpc) is 3.20. The van der Waals surface area contributed by atoms with Crippen molar-refractivity contribution < 1.29 is 23.6 Å². The van der Waals surface area contributed by atoms with Crippen LogP contribution in [-0.2, 0) is 14.4 Å². The van der Waals surface area contributed by atoms with Crippen molar-refractivity contribution in [3.05, 3.63) is 24.0 Å². The van der Waals surface area contributed by atoms with Gasteiger partial charge in [0, 0.05) is 40.0 Å². The minimum Gasteiger partial charge on any atom is -0.438 e. The summed E-state index contributed by atoms with van der Waals surface area (Å²) in [5, 5.41) is 4.52. The summed E-state index contributed by atoms with van der Waals surface area (Å²) < 4.78 is 20.2. The Morgan fingerprint density at radius 3 is 2.89 bits per heavy atom. The van der Waals surface area contributed by atoms with Gasteiger partial charge in [0.25, 0.3) is 0 Å². The van der Waals surface area contributed by atoms with E-state index in [2.05, 4.69) is 5.32 Å². The highest BCUT2D eigenvalue weighted by atomic mass is 19.1. The molecule has 1 N–H and O–H groups in total. The van der Waals surface area contributed by atoms with Gasteiger partial charge in [0.1, 0.15) is 5.82 Å². The smallest absolute Gasteiger partial charge is 0.415 e. The number of hydrogen-bond acceptors (Lipinski definition) is 6. The van der Waals surface area contributed by atoms with Crippen molar-refractivity contribution >= 4 is 23.4 Å². The summed E-state index contributed by atoms with van der Waals surface area (Å²) in [7, 11) is 1.85. The van der Waals surface area contributed by atoms with Crippen LogP contribution in [0.2, 0.25) is 0 Å². The lowest BCUT2D eigenvalue weighted by molar-refractivity contribution is -0.126. The minimum atomic E-state index is -0.690. The first kappa shape index (κ1) is 18.0. The van der Waals surface area contributed by atoms with Crippen LogP contribution in [0.3, 0.4) is 0 Å². The van der Waals surface area contributed by atoms with Crippen LogP contribution in [0.25, 0.3) is 0 Å². The number of halogens is 1. The predicted molar refractivity (Wildman–Crippen MR) is 96.0 cm³/mol. The standard InChI is InChI=1S/C18H23FN4O4/c1-12(24)20-16-10-18(16)11-23(17(25)27-18)13-3-4-15(14(19)9-13)22-6-5-21(2)26-8-7-22/h3-4,9,16H,5-8,10-11H2,1-2H3,(H,20,24)/t16?,18-/m0/s1. The van der Waals surface area contributed by atoms with E-state index in [1.54, 1.807) is 17.2 Å². The summed E-state index contributed by atoms with van der Waals surface area (Å²) >= 11 is 0. The molecule has 2 amide bonds. The van der Waals surface area contributed by atoms with Crippen molar-refractivity contribution in [2.24, 2.45) is 0 Å². The van der Waals surface area contributed by atoms with Crippen molar-refractivity contribution in [1.82, 2.24) is 10.4 Å². The Morgan fingerprint density at radius 1 is 1.33 bits per heavy atom. The van der Waals surface area contributed by atoms with Gasteiger partial charge in [-0.3, -0.25) is 14.5 Å². The number of rotatable bonds is 3. The fraction of sp³-hybridized carbons (Fsp3) is 0.556. The van der Waals surface area contributed by atoms with Crippen molar-refractivity contribution in [2.45, 2.75) is 25.0 Å². The van der Waals surface area contributed by atoms with Crippen LogP contribution in [0.15, 0.2) is 18.2 Å². The molecule has 8 nitrogen and oxygen atoms in total. The van der Waals surface area contributed by atoms with E-state index in [0.717, 1.165) is 0 Å². The Bertz CT molecular complexity index is 776. The summed E-state index contributed by atoms with van der Waals surface area (Å²) in [6, 6.07) is 4.60. The third-order valence-electron chi connectivity index (χ3n) is 5.28. The van der Waals surface area contributed by atoms with Crippen molar-refractivity contribution in [3.63, 3.8) is 0 Å². The fourth-order valence-electron chi connectivity index (χ4n) is 3.70. The highest BCUT2D eigenvalue weighted by Gasteiger charge is 2.64. The Labute approximate surface area is 156 Å². The lowest BCUT2D eigenvalue weighted by Gasteiger charge is -2.23. The van der Waals surface area contributed by atoms with E-state index in [1.807, 2.05) is 11.9 Å². The SMILES string of the molecule is CC(=O)NC1C[C@]12CN(c1ccc(N3CCON(C)CC3)c(F)c1)C(=O)O2. The first-order valence-electron chi connectivity index (χ1n) is 9.04. The van der Waals surface area contributed by atoms with Crippen LogP contribution in [0.4, 0.5) is 20.6 Å². The monoisotopic (exact) mass is 378 g/mol. The molecule has 2 atom stereocenters. The van der Waals surface area contributed by atoms with Gasteiger partial charge in [-0.05, 0) is 18.2 Å². The number of nitrogens with one attached hydrogen (secondary N) is 1. The lowest BCUT2D eigenvalue weighted by Crippen LogP contribution is -2.33. The molecule has 2 aliphatic heterocycles. The van der Waals surface area contributed by atoms with Gasteiger partial charge in [-0.1, -0.05) is 0 Å². The normalized spacial score (nSPS) is 28.3. The number of benzene rings is 1. The second kappa shape index (κ2) is 6.65. The van der Waals surface area contributed by atoms with Gasteiger partial charge in [-0.15, -0.1) is 0 Å². The van der Waals surface area contributed by atoms with E-state index in [0.29, 0.717) is 50.6 Å². The van der Waals surface area contributed by atoms with Gasteiger partial charge in [0.15, 0.2) is 5.60 Å². The third-order valence-corrected chi connectivity index (χ3v) is 5.28. The molecule has 3 fully saturated rings. The van der Waals surface area contributed by atoms with Crippen LogP contribution in [-0.4, -0.2) is 68.5 Å². The highest BCUT2D eigenvalue weighted by molar-refractivity contribution is 5.91. The Morgan fingerprint density at radius 2 is 2.15 bits per heavy atom. The van der Waals surface area contributed by atoms with E-state index in [4.69, 9.17) is 9.57 Å². The molecule has 146 valence electrons.